The second kappa shape index (κ2) is 11.9. The van der Waals surface area contributed by atoms with E-state index in [-0.39, 0.29) is 24.7 Å². The molecule has 2 aromatic carbocycles. The molecular weight excluding hydrogens is 452 g/mol. The molecule has 9 nitrogen and oxygen atoms in total. The number of hydrogen-bond acceptors (Lipinski definition) is 7. The summed E-state index contributed by atoms with van der Waals surface area (Å²) in [5, 5.41) is 2.57. The van der Waals surface area contributed by atoms with Crippen LogP contribution >= 0.6 is 0 Å². The summed E-state index contributed by atoms with van der Waals surface area (Å²) in [5.41, 5.74) is 1.80. The molecule has 2 aromatic rings. The maximum absolute atomic E-state index is 12.5. The first kappa shape index (κ1) is 25.6. The lowest BCUT2D eigenvalue weighted by atomic mass is 10.1. The van der Waals surface area contributed by atoms with Crippen LogP contribution in [0, 0.1) is 5.92 Å². The number of Topliss-reactive ketones (excluding diaryl/α,β-unsaturated/α-hetero) is 1. The molecular formula is C26H28N2O7. The van der Waals surface area contributed by atoms with Gasteiger partial charge in [0.15, 0.2) is 12.4 Å². The van der Waals surface area contributed by atoms with Gasteiger partial charge in [0.25, 0.3) is 5.91 Å². The molecule has 0 radical (unpaired) electrons. The van der Waals surface area contributed by atoms with Gasteiger partial charge in [-0.2, -0.15) is 0 Å². The van der Waals surface area contributed by atoms with Crippen LogP contribution < -0.4 is 10.2 Å². The number of anilines is 2. The molecule has 1 heterocycles. The second-order valence-corrected chi connectivity index (χ2v) is 8.23. The van der Waals surface area contributed by atoms with E-state index in [0.717, 1.165) is 12.8 Å². The number of benzene rings is 2. The van der Waals surface area contributed by atoms with E-state index < -0.39 is 30.4 Å². The number of hydrogen-bond donors (Lipinski definition) is 1. The van der Waals surface area contributed by atoms with Gasteiger partial charge in [-0.05, 0) is 49.7 Å². The first-order valence-corrected chi connectivity index (χ1v) is 11.4. The molecule has 0 bridgehead atoms. The molecule has 1 saturated heterocycles. The van der Waals surface area contributed by atoms with Crippen LogP contribution in [-0.2, 0) is 23.9 Å². The Morgan fingerprint density at radius 1 is 1.03 bits per heavy atom. The van der Waals surface area contributed by atoms with Crippen molar-refractivity contribution in [1.82, 2.24) is 0 Å². The normalized spacial score (nSPS) is 15.0. The minimum absolute atomic E-state index is 0.0398. The third-order valence-electron chi connectivity index (χ3n) is 5.50. The van der Waals surface area contributed by atoms with Crippen molar-refractivity contribution in [2.75, 3.05) is 30.0 Å². The number of nitrogens with one attached hydrogen (secondary N) is 1. The van der Waals surface area contributed by atoms with Crippen LogP contribution in [0.3, 0.4) is 0 Å². The van der Waals surface area contributed by atoms with E-state index in [0.29, 0.717) is 29.1 Å². The maximum atomic E-state index is 12.5. The quantitative estimate of drug-likeness (QED) is 0.315. The van der Waals surface area contributed by atoms with Gasteiger partial charge in [0.2, 0.25) is 5.91 Å². The third kappa shape index (κ3) is 6.99. The van der Waals surface area contributed by atoms with Crippen molar-refractivity contribution in [2.24, 2.45) is 5.92 Å². The summed E-state index contributed by atoms with van der Waals surface area (Å²) in [6, 6.07) is 12.8. The number of esters is 2. The molecule has 3 rings (SSSR count). The molecule has 0 aliphatic carbocycles. The van der Waals surface area contributed by atoms with Crippen LogP contribution in [-0.4, -0.2) is 49.3 Å². The van der Waals surface area contributed by atoms with E-state index in [1.807, 2.05) is 6.92 Å². The largest absolute Gasteiger partial charge is 0.462 e. The van der Waals surface area contributed by atoms with Crippen LogP contribution in [0.5, 0.6) is 0 Å². The molecule has 0 aromatic heterocycles. The maximum Gasteiger partial charge on any atom is 0.338 e. The van der Waals surface area contributed by atoms with Gasteiger partial charge in [-0.1, -0.05) is 25.5 Å². The monoisotopic (exact) mass is 480 g/mol. The van der Waals surface area contributed by atoms with E-state index in [2.05, 4.69) is 5.32 Å². The molecule has 1 aliphatic rings. The fourth-order valence-corrected chi connectivity index (χ4v) is 3.55. The Morgan fingerprint density at radius 3 is 2.46 bits per heavy atom. The van der Waals surface area contributed by atoms with Crippen molar-refractivity contribution in [3.05, 3.63) is 59.7 Å². The highest BCUT2D eigenvalue weighted by molar-refractivity contribution is 6.01. The highest BCUT2D eigenvalue weighted by Crippen LogP contribution is 2.26. The Balaban J connectivity index is 1.50. The van der Waals surface area contributed by atoms with Crippen molar-refractivity contribution < 1.29 is 33.4 Å². The average molecular weight is 481 g/mol. The number of ketones is 1. The predicted molar refractivity (Wildman–Crippen MR) is 128 cm³/mol. The zero-order chi connectivity index (χ0) is 25.4. The fourth-order valence-electron chi connectivity index (χ4n) is 3.55. The van der Waals surface area contributed by atoms with Crippen LogP contribution in [0.15, 0.2) is 48.5 Å². The van der Waals surface area contributed by atoms with E-state index in [9.17, 15) is 24.0 Å². The zero-order valence-electron chi connectivity index (χ0n) is 19.7. The standard InChI is InChI=1S/C26H28N2O7/c1-3-4-12-34-25(32)18-8-10-22(11-9-18)28-15-20(14-24(28)31)26(33)35-16-23(30)27-21-7-5-6-19(13-21)17(2)29/h5-11,13,20H,3-4,12,14-16H2,1-2H3,(H,27,30)/t20-/m0/s1. The predicted octanol–water partition coefficient (Wildman–Crippen LogP) is 3.38. The summed E-state index contributed by atoms with van der Waals surface area (Å²) in [5.74, 6) is -2.73. The molecule has 1 aliphatic heterocycles. The number of amides is 2. The smallest absolute Gasteiger partial charge is 0.338 e. The van der Waals surface area contributed by atoms with Gasteiger partial charge in [-0.25, -0.2) is 4.79 Å². The molecule has 1 fully saturated rings. The van der Waals surface area contributed by atoms with Gasteiger partial charge in [-0.15, -0.1) is 0 Å². The van der Waals surface area contributed by atoms with Crippen molar-refractivity contribution in [1.29, 1.82) is 0 Å². The summed E-state index contributed by atoms with van der Waals surface area (Å²) < 4.78 is 10.3. The number of carbonyl (C=O) groups is 5. The lowest BCUT2D eigenvalue weighted by molar-refractivity contribution is -0.151. The van der Waals surface area contributed by atoms with Gasteiger partial charge in [-0.3, -0.25) is 19.2 Å². The molecule has 1 atom stereocenters. The molecule has 35 heavy (non-hydrogen) atoms. The lowest BCUT2D eigenvalue weighted by Crippen LogP contribution is -2.28. The van der Waals surface area contributed by atoms with Gasteiger partial charge in [0.05, 0.1) is 18.1 Å². The molecule has 9 heteroatoms. The first-order chi connectivity index (χ1) is 16.8. The van der Waals surface area contributed by atoms with Crippen molar-refractivity contribution >= 4 is 40.9 Å². The number of nitrogens with zero attached hydrogens (tertiary/aromatic N) is 1. The molecule has 0 unspecified atom stereocenters. The Hall–Kier alpha value is -4.01. The van der Waals surface area contributed by atoms with Gasteiger partial charge in [0.1, 0.15) is 0 Å². The number of rotatable bonds is 10. The summed E-state index contributed by atoms with van der Waals surface area (Å²) in [7, 11) is 0. The van der Waals surface area contributed by atoms with Crippen LogP contribution in [0.1, 0.15) is 53.8 Å². The zero-order valence-corrected chi connectivity index (χ0v) is 19.7. The average Bonchev–Trinajstić information content (AvgIpc) is 3.24. The van der Waals surface area contributed by atoms with Crippen molar-refractivity contribution in [2.45, 2.75) is 33.1 Å². The van der Waals surface area contributed by atoms with Gasteiger partial charge >= 0.3 is 11.9 Å². The molecule has 0 saturated carbocycles. The minimum Gasteiger partial charge on any atom is -0.462 e. The Morgan fingerprint density at radius 2 is 1.77 bits per heavy atom. The van der Waals surface area contributed by atoms with E-state index in [1.54, 1.807) is 42.5 Å². The van der Waals surface area contributed by atoms with Gasteiger partial charge in [0, 0.05) is 29.9 Å². The summed E-state index contributed by atoms with van der Waals surface area (Å²) in [6.07, 6.45) is 1.67. The highest BCUT2D eigenvalue weighted by atomic mass is 16.5. The summed E-state index contributed by atoms with van der Waals surface area (Å²) >= 11 is 0. The molecule has 1 N–H and O–H groups in total. The van der Waals surface area contributed by atoms with Gasteiger partial charge < -0.3 is 19.7 Å². The minimum atomic E-state index is -0.713. The third-order valence-corrected chi connectivity index (χ3v) is 5.50. The lowest BCUT2D eigenvalue weighted by Gasteiger charge is -2.17. The fraction of sp³-hybridized carbons (Fsp3) is 0.346. The van der Waals surface area contributed by atoms with Crippen LogP contribution in [0.4, 0.5) is 11.4 Å². The van der Waals surface area contributed by atoms with E-state index >= 15 is 0 Å². The van der Waals surface area contributed by atoms with E-state index in [1.165, 1.54) is 17.9 Å². The number of ether oxygens (including phenoxy) is 2. The topological polar surface area (TPSA) is 119 Å². The van der Waals surface area contributed by atoms with Crippen LogP contribution in [0.2, 0.25) is 0 Å². The Kier molecular flexibility index (Phi) is 8.72. The first-order valence-electron chi connectivity index (χ1n) is 11.4. The molecule has 184 valence electrons. The van der Waals surface area contributed by atoms with Crippen molar-refractivity contribution in [3.63, 3.8) is 0 Å². The molecule has 0 spiro atoms. The summed E-state index contributed by atoms with van der Waals surface area (Å²) in [4.78, 5) is 62.0. The van der Waals surface area contributed by atoms with Crippen LogP contribution in [0.25, 0.3) is 0 Å². The highest BCUT2D eigenvalue weighted by Gasteiger charge is 2.36. The number of unbranched alkanes of at least 4 members (excludes halogenated alkanes) is 1. The molecule has 2 amide bonds. The SMILES string of the molecule is CCCCOC(=O)c1ccc(N2C[C@@H](C(=O)OCC(=O)Nc3cccc(C(C)=O)c3)CC2=O)cc1. The van der Waals surface area contributed by atoms with Crippen molar-refractivity contribution in [3.8, 4) is 0 Å². The second-order valence-electron chi connectivity index (χ2n) is 8.23. The number of carbonyl (C=O) groups excluding carboxylic acids is 5. The Labute approximate surface area is 203 Å². The van der Waals surface area contributed by atoms with E-state index in [4.69, 9.17) is 9.47 Å². The summed E-state index contributed by atoms with van der Waals surface area (Å²) in [6.45, 7) is 3.38. The Bertz CT molecular complexity index is 1110.